The van der Waals surface area contributed by atoms with E-state index < -0.39 is 12.1 Å². The molecule has 0 saturated carbocycles. The highest BCUT2D eigenvalue weighted by molar-refractivity contribution is 5.81. The fraction of sp³-hybridized carbons (Fsp3) is 0.500. The summed E-state index contributed by atoms with van der Waals surface area (Å²) < 4.78 is 4.57. The van der Waals surface area contributed by atoms with E-state index in [0.717, 1.165) is 11.6 Å². The maximum Gasteiger partial charge on any atom is 0.330 e. The number of carbonyl (C=O) groups is 1. The summed E-state index contributed by atoms with van der Waals surface area (Å²) in [5.41, 5.74) is 0.808. The van der Waals surface area contributed by atoms with Crippen molar-refractivity contribution in [2.24, 2.45) is 0 Å². The normalized spacial score (nSPS) is 11.9. The molecule has 15 heavy (non-hydrogen) atoms. The Morgan fingerprint density at radius 1 is 1.47 bits per heavy atom. The van der Waals surface area contributed by atoms with Gasteiger partial charge >= 0.3 is 5.97 Å². The zero-order chi connectivity index (χ0) is 11.7. The van der Waals surface area contributed by atoms with Crippen LogP contribution in [-0.2, 0) is 19.3 Å². The molecule has 0 fully saturated rings. The Labute approximate surface area is 88.9 Å². The standard InChI is InChI=1S/C10H16O5/c1-4-10(12)13-6-9(11)7-15-14-5-8(2)3/h4,9,11H,1-2,5-7H2,3H3. The Balaban J connectivity index is 3.40. The molecule has 0 aromatic heterocycles. The quantitative estimate of drug-likeness (QED) is 0.161. The van der Waals surface area contributed by atoms with Gasteiger partial charge in [-0.25, -0.2) is 14.6 Å². The second-order valence-electron chi connectivity index (χ2n) is 2.99. The van der Waals surface area contributed by atoms with Crippen molar-refractivity contribution >= 4 is 5.97 Å². The number of aliphatic hydroxyl groups excluding tert-OH is 1. The predicted octanol–water partition coefficient (Wildman–Crippen LogP) is 0.601. The molecule has 0 aromatic carbocycles. The van der Waals surface area contributed by atoms with Gasteiger partial charge in [0.2, 0.25) is 0 Å². The van der Waals surface area contributed by atoms with Crippen LogP contribution in [0, 0.1) is 0 Å². The monoisotopic (exact) mass is 216 g/mol. The third kappa shape index (κ3) is 9.14. The largest absolute Gasteiger partial charge is 0.460 e. The molecule has 0 bridgehead atoms. The lowest BCUT2D eigenvalue weighted by Crippen LogP contribution is -2.23. The number of aliphatic hydroxyl groups is 1. The van der Waals surface area contributed by atoms with Crippen molar-refractivity contribution in [3.05, 3.63) is 24.8 Å². The van der Waals surface area contributed by atoms with Crippen LogP contribution in [0.5, 0.6) is 0 Å². The average Bonchev–Trinajstić information content (AvgIpc) is 2.20. The van der Waals surface area contributed by atoms with Gasteiger partial charge in [-0.05, 0) is 6.92 Å². The molecule has 1 N–H and O–H groups in total. The molecule has 86 valence electrons. The van der Waals surface area contributed by atoms with Gasteiger partial charge in [0, 0.05) is 6.08 Å². The smallest absolute Gasteiger partial charge is 0.330 e. The van der Waals surface area contributed by atoms with E-state index in [0.29, 0.717) is 0 Å². The first-order chi connectivity index (χ1) is 7.06. The van der Waals surface area contributed by atoms with E-state index in [2.05, 4.69) is 27.7 Å². The number of carbonyl (C=O) groups excluding carboxylic acids is 1. The second kappa shape index (κ2) is 8.16. The lowest BCUT2D eigenvalue weighted by molar-refractivity contribution is -0.300. The van der Waals surface area contributed by atoms with E-state index in [9.17, 15) is 9.90 Å². The van der Waals surface area contributed by atoms with Gasteiger partial charge < -0.3 is 9.84 Å². The first-order valence-corrected chi connectivity index (χ1v) is 4.42. The van der Waals surface area contributed by atoms with Gasteiger partial charge in [-0.2, -0.15) is 0 Å². The van der Waals surface area contributed by atoms with Crippen molar-refractivity contribution in [3.63, 3.8) is 0 Å². The van der Waals surface area contributed by atoms with Crippen LogP contribution in [0.15, 0.2) is 24.8 Å². The van der Waals surface area contributed by atoms with Crippen LogP contribution < -0.4 is 0 Å². The third-order valence-corrected chi connectivity index (χ3v) is 1.23. The summed E-state index contributed by atoms with van der Waals surface area (Å²) in [6.07, 6.45) is 0.101. The van der Waals surface area contributed by atoms with Gasteiger partial charge in [-0.1, -0.05) is 18.7 Å². The van der Waals surface area contributed by atoms with Crippen molar-refractivity contribution in [1.82, 2.24) is 0 Å². The molecule has 5 nitrogen and oxygen atoms in total. The molecule has 1 unspecified atom stereocenters. The van der Waals surface area contributed by atoms with Gasteiger partial charge in [0.25, 0.3) is 0 Å². The van der Waals surface area contributed by atoms with Crippen molar-refractivity contribution in [1.29, 1.82) is 0 Å². The topological polar surface area (TPSA) is 65.0 Å². The Bertz CT molecular complexity index is 224. The molecule has 0 heterocycles. The van der Waals surface area contributed by atoms with Crippen LogP contribution in [0.1, 0.15) is 6.92 Å². The molecular weight excluding hydrogens is 200 g/mol. The van der Waals surface area contributed by atoms with Crippen molar-refractivity contribution in [2.45, 2.75) is 13.0 Å². The predicted molar refractivity (Wildman–Crippen MR) is 53.9 cm³/mol. The first-order valence-electron chi connectivity index (χ1n) is 4.42. The Morgan fingerprint density at radius 2 is 2.13 bits per heavy atom. The summed E-state index contributed by atoms with van der Waals surface area (Å²) in [6, 6.07) is 0. The van der Waals surface area contributed by atoms with Crippen LogP contribution in [0.25, 0.3) is 0 Å². The lowest BCUT2D eigenvalue weighted by Gasteiger charge is -2.10. The maximum absolute atomic E-state index is 10.6. The highest BCUT2D eigenvalue weighted by atomic mass is 17.2. The highest BCUT2D eigenvalue weighted by Crippen LogP contribution is 1.93. The van der Waals surface area contributed by atoms with Crippen LogP contribution in [0.3, 0.4) is 0 Å². The van der Waals surface area contributed by atoms with Crippen LogP contribution in [-0.4, -0.2) is 37.0 Å². The molecule has 0 aliphatic heterocycles. The van der Waals surface area contributed by atoms with Gasteiger partial charge in [-0.3, -0.25) is 0 Å². The van der Waals surface area contributed by atoms with E-state index >= 15 is 0 Å². The first kappa shape index (κ1) is 13.8. The molecule has 0 spiro atoms. The summed E-state index contributed by atoms with van der Waals surface area (Å²) in [7, 11) is 0. The molecule has 1 atom stereocenters. The minimum Gasteiger partial charge on any atom is -0.460 e. The molecule has 0 aliphatic carbocycles. The number of hydrogen-bond donors (Lipinski definition) is 1. The number of ether oxygens (including phenoxy) is 1. The molecule has 0 radical (unpaired) electrons. The molecular formula is C10H16O5. The van der Waals surface area contributed by atoms with Gasteiger partial charge in [-0.15, -0.1) is 0 Å². The molecule has 5 heteroatoms. The summed E-state index contributed by atoms with van der Waals surface area (Å²) in [6.45, 7) is 8.63. The molecule has 0 amide bonds. The highest BCUT2D eigenvalue weighted by Gasteiger charge is 2.07. The Morgan fingerprint density at radius 3 is 2.67 bits per heavy atom. The number of rotatable bonds is 8. The maximum atomic E-state index is 10.6. The zero-order valence-electron chi connectivity index (χ0n) is 8.77. The van der Waals surface area contributed by atoms with Crippen molar-refractivity contribution < 1.29 is 24.4 Å². The average molecular weight is 216 g/mol. The van der Waals surface area contributed by atoms with Crippen LogP contribution in [0.2, 0.25) is 0 Å². The third-order valence-electron chi connectivity index (χ3n) is 1.23. The Hall–Kier alpha value is -1.17. The zero-order valence-corrected chi connectivity index (χ0v) is 8.77. The van der Waals surface area contributed by atoms with E-state index in [4.69, 9.17) is 0 Å². The van der Waals surface area contributed by atoms with Crippen molar-refractivity contribution in [3.8, 4) is 0 Å². The summed E-state index contributed by atoms with van der Waals surface area (Å²) in [5, 5.41) is 9.22. The van der Waals surface area contributed by atoms with Gasteiger partial charge in [0.15, 0.2) is 0 Å². The molecule has 0 aliphatic rings. The SMILES string of the molecule is C=CC(=O)OCC(O)COOCC(=C)C. The minimum atomic E-state index is -0.918. The van der Waals surface area contributed by atoms with E-state index in [-0.39, 0.29) is 19.8 Å². The van der Waals surface area contributed by atoms with Gasteiger partial charge in [0.05, 0.1) is 0 Å². The summed E-state index contributed by atoms with van der Waals surface area (Å²) >= 11 is 0. The van der Waals surface area contributed by atoms with E-state index in [1.165, 1.54) is 0 Å². The number of esters is 1. The molecule has 0 saturated heterocycles. The fourth-order valence-corrected chi connectivity index (χ4v) is 0.554. The van der Waals surface area contributed by atoms with Crippen LogP contribution >= 0.6 is 0 Å². The van der Waals surface area contributed by atoms with E-state index in [1.807, 2.05) is 0 Å². The summed E-state index contributed by atoms with van der Waals surface area (Å²) in [4.78, 5) is 19.9. The Kier molecular flexibility index (Phi) is 7.53. The molecule has 0 rings (SSSR count). The lowest BCUT2D eigenvalue weighted by atomic mass is 10.4. The number of hydrogen-bond acceptors (Lipinski definition) is 5. The van der Waals surface area contributed by atoms with Crippen molar-refractivity contribution in [2.75, 3.05) is 19.8 Å². The van der Waals surface area contributed by atoms with Gasteiger partial charge in [0.1, 0.15) is 25.9 Å². The van der Waals surface area contributed by atoms with E-state index in [1.54, 1.807) is 6.92 Å². The van der Waals surface area contributed by atoms with Crippen LogP contribution in [0.4, 0.5) is 0 Å². The fourth-order valence-electron chi connectivity index (χ4n) is 0.554. The molecule has 0 aromatic rings. The summed E-state index contributed by atoms with van der Waals surface area (Å²) in [5.74, 6) is -0.586. The second-order valence-corrected chi connectivity index (χ2v) is 2.99. The minimum absolute atomic E-state index is 0.0717.